The number of hydrogen-bond acceptors (Lipinski definition) is 4. The van der Waals surface area contributed by atoms with Crippen LogP contribution >= 0.6 is 22.9 Å². The smallest absolute Gasteiger partial charge is 0.254 e. The van der Waals surface area contributed by atoms with Crippen molar-refractivity contribution in [2.75, 3.05) is 32.7 Å². The third-order valence-corrected chi connectivity index (χ3v) is 8.47. The number of carbonyl (C=O) groups is 2. The molecule has 3 heterocycles. The normalized spacial score (nSPS) is 20.5. The van der Waals surface area contributed by atoms with Crippen LogP contribution in [0.1, 0.15) is 44.9 Å². The predicted octanol–water partition coefficient (Wildman–Crippen LogP) is 5.03. The summed E-state index contributed by atoms with van der Waals surface area (Å²) in [5, 5.41) is 2.78. The molecule has 0 N–H and O–H groups in total. The molecule has 2 aliphatic heterocycles. The lowest BCUT2D eigenvalue weighted by molar-refractivity contribution is -0.135. The van der Waals surface area contributed by atoms with Gasteiger partial charge in [-0.1, -0.05) is 35.9 Å². The lowest BCUT2D eigenvalue weighted by Gasteiger charge is -2.42. The number of piperazine rings is 1. The number of nitrogens with zero attached hydrogens (tertiary/aromatic N) is 3. The third kappa shape index (κ3) is 4.88. The number of hydrogen-bond donors (Lipinski definition) is 0. The molecule has 35 heavy (non-hydrogen) atoms. The van der Waals surface area contributed by atoms with Gasteiger partial charge in [0.1, 0.15) is 0 Å². The average molecular weight is 508 g/mol. The Morgan fingerprint density at radius 1 is 1.00 bits per heavy atom. The maximum absolute atomic E-state index is 13.5. The molecule has 0 bridgehead atoms. The zero-order valence-corrected chi connectivity index (χ0v) is 21.7. The quantitative estimate of drug-likeness (QED) is 0.497. The Balaban J connectivity index is 1.28. The molecule has 1 aromatic heterocycles. The van der Waals surface area contributed by atoms with E-state index in [4.69, 9.17) is 11.6 Å². The minimum atomic E-state index is -0.0483. The number of rotatable bonds is 4. The number of thiophene rings is 1. The van der Waals surface area contributed by atoms with Crippen molar-refractivity contribution >= 4 is 34.8 Å². The van der Waals surface area contributed by atoms with E-state index in [-0.39, 0.29) is 23.9 Å². The molecular formula is C28H30ClN3O2S. The summed E-state index contributed by atoms with van der Waals surface area (Å²) in [5.41, 5.74) is 4.47. The summed E-state index contributed by atoms with van der Waals surface area (Å²) in [7, 11) is 0. The highest BCUT2D eigenvalue weighted by atomic mass is 35.5. The van der Waals surface area contributed by atoms with E-state index in [1.807, 2.05) is 28.1 Å². The molecule has 0 aliphatic carbocycles. The van der Waals surface area contributed by atoms with Gasteiger partial charge in [0.2, 0.25) is 5.91 Å². The fourth-order valence-electron chi connectivity index (χ4n) is 5.31. The maximum Gasteiger partial charge on any atom is 0.254 e. The summed E-state index contributed by atoms with van der Waals surface area (Å²) < 4.78 is 0. The highest BCUT2D eigenvalue weighted by Gasteiger charge is 2.35. The van der Waals surface area contributed by atoms with Crippen LogP contribution in [0.2, 0.25) is 5.02 Å². The molecule has 7 heteroatoms. The van der Waals surface area contributed by atoms with Crippen molar-refractivity contribution in [3.63, 3.8) is 0 Å². The van der Waals surface area contributed by atoms with E-state index in [1.165, 1.54) is 21.6 Å². The van der Waals surface area contributed by atoms with Crippen LogP contribution in [0.4, 0.5) is 0 Å². The first-order valence-corrected chi connectivity index (χ1v) is 13.4. The Bertz CT molecular complexity index is 1220. The predicted molar refractivity (Wildman–Crippen MR) is 141 cm³/mol. The summed E-state index contributed by atoms with van der Waals surface area (Å²) in [6.07, 6.45) is 0.975. The lowest BCUT2D eigenvalue weighted by atomic mass is 9.90. The van der Waals surface area contributed by atoms with E-state index in [9.17, 15) is 9.59 Å². The van der Waals surface area contributed by atoms with Crippen molar-refractivity contribution in [3.8, 4) is 0 Å². The molecule has 0 spiro atoms. The molecular weight excluding hydrogens is 478 g/mol. The summed E-state index contributed by atoms with van der Waals surface area (Å²) >= 11 is 7.79. The van der Waals surface area contributed by atoms with Gasteiger partial charge in [-0.3, -0.25) is 14.5 Å². The standard InChI is InChI=1S/C28H30ClN3O2S/c1-19-5-3-4-6-23(19)27-24-12-16-35-25(24)11-13-31(27)18-26(33)30-14-15-32(20(2)17-30)28(34)21-7-9-22(29)10-8-21/h3-10,12,16,20,27H,11,13-15,17-18H2,1-2H3. The number of halogens is 1. The minimum absolute atomic E-state index is 0.0121. The molecule has 0 saturated carbocycles. The first-order valence-electron chi connectivity index (χ1n) is 12.1. The molecule has 2 aromatic carbocycles. The van der Waals surface area contributed by atoms with Gasteiger partial charge in [-0.05, 0) is 72.7 Å². The van der Waals surface area contributed by atoms with E-state index in [1.54, 1.807) is 24.3 Å². The first-order chi connectivity index (χ1) is 16.9. The van der Waals surface area contributed by atoms with E-state index >= 15 is 0 Å². The van der Waals surface area contributed by atoms with Crippen LogP contribution < -0.4 is 0 Å². The molecule has 2 amide bonds. The Kier molecular flexibility index (Phi) is 6.96. The van der Waals surface area contributed by atoms with Crippen LogP contribution in [0.25, 0.3) is 0 Å². The maximum atomic E-state index is 13.5. The molecule has 0 radical (unpaired) electrons. The summed E-state index contributed by atoms with van der Waals surface area (Å²) in [5.74, 6) is 0.120. The van der Waals surface area contributed by atoms with E-state index < -0.39 is 0 Å². The zero-order chi connectivity index (χ0) is 24.5. The highest BCUT2D eigenvalue weighted by molar-refractivity contribution is 7.10. The molecule has 5 nitrogen and oxygen atoms in total. The number of carbonyl (C=O) groups excluding carboxylic acids is 2. The van der Waals surface area contributed by atoms with Gasteiger partial charge in [0.15, 0.2) is 0 Å². The zero-order valence-electron chi connectivity index (χ0n) is 20.1. The minimum Gasteiger partial charge on any atom is -0.338 e. The van der Waals surface area contributed by atoms with Crippen molar-refractivity contribution in [2.45, 2.75) is 32.4 Å². The molecule has 1 saturated heterocycles. The van der Waals surface area contributed by atoms with E-state index in [0.29, 0.717) is 36.8 Å². The van der Waals surface area contributed by atoms with Crippen molar-refractivity contribution in [1.82, 2.24) is 14.7 Å². The molecule has 2 aliphatic rings. The van der Waals surface area contributed by atoms with Crippen molar-refractivity contribution in [2.24, 2.45) is 0 Å². The summed E-state index contributed by atoms with van der Waals surface area (Å²) in [6, 6.07) is 17.8. The number of fused-ring (bicyclic) bond motifs is 1. The fourth-order valence-corrected chi connectivity index (χ4v) is 6.34. The Morgan fingerprint density at radius 2 is 1.77 bits per heavy atom. The van der Waals surface area contributed by atoms with Gasteiger partial charge in [-0.2, -0.15) is 0 Å². The van der Waals surface area contributed by atoms with Crippen LogP contribution in [-0.2, 0) is 11.2 Å². The Morgan fingerprint density at radius 3 is 2.51 bits per heavy atom. The van der Waals surface area contributed by atoms with Gasteiger partial charge in [-0.25, -0.2) is 0 Å². The highest BCUT2D eigenvalue weighted by Crippen LogP contribution is 2.38. The molecule has 2 atom stereocenters. The number of amides is 2. The van der Waals surface area contributed by atoms with Gasteiger partial charge in [0.25, 0.3) is 5.91 Å². The average Bonchev–Trinajstić information content (AvgIpc) is 3.33. The van der Waals surface area contributed by atoms with Gasteiger partial charge in [0.05, 0.1) is 12.6 Å². The van der Waals surface area contributed by atoms with Crippen molar-refractivity contribution in [3.05, 3.63) is 92.1 Å². The Hall–Kier alpha value is -2.67. The number of aryl methyl sites for hydroxylation is 1. The molecule has 3 aromatic rings. The second kappa shape index (κ2) is 10.1. The van der Waals surface area contributed by atoms with E-state index in [0.717, 1.165) is 13.0 Å². The fraction of sp³-hybridized carbons (Fsp3) is 0.357. The van der Waals surface area contributed by atoms with Gasteiger partial charge in [-0.15, -0.1) is 11.3 Å². The van der Waals surface area contributed by atoms with Gasteiger partial charge in [0, 0.05) is 47.7 Å². The van der Waals surface area contributed by atoms with Gasteiger partial charge >= 0.3 is 0 Å². The van der Waals surface area contributed by atoms with Crippen molar-refractivity contribution in [1.29, 1.82) is 0 Å². The SMILES string of the molecule is Cc1ccccc1C1c2ccsc2CCN1CC(=O)N1CCN(C(=O)c2ccc(Cl)cc2)C(C)C1. The molecule has 1 fully saturated rings. The monoisotopic (exact) mass is 507 g/mol. The van der Waals surface area contributed by atoms with Crippen LogP contribution in [0.15, 0.2) is 60.0 Å². The second-order valence-electron chi connectivity index (χ2n) is 9.47. The first kappa shape index (κ1) is 24.0. The van der Waals surface area contributed by atoms with Crippen LogP contribution in [-0.4, -0.2) is 65.3 Å². The largest absolute Gasteiger partial charge is 0.338 e. The third-order valence-electron chi connectivity index (χ3n) is 7.22. The van der Waals surface area contributed by atoms with Crippen molar-refractivity contribution < 1.29 is 9.59 Å². The van der Waals surface area contributed by atoms with E-state index in [2.05, 4.69) is 47.5 Å². The Labute approximate surface area is 215 Å². The number of benzene rings is 2. The topological polar surface area (TPSA) is 43.9 Å². The summed E-state index contributed by atoms with van der Waals surface area (Å²) in [6.45, 7) is 7.04. The lowest BCUT2D eigenvalue weighted by Crippen LogP contribution is -2.57. The second-order valence-corrected chi connectivity index (χ2v) is 10.9. The summed E-state index contributed by atoms with van der Waals surface area (Å²) in [4.78, 5) is 34.0. The van der Waals surface area contributed by atoms with Crippen LogP contribution in [0, 0.1) is 6.92 Å². The molecule has 5 rings (SSSR count). The van der Waals surface area contributed by atoms with Crippen LogP contribution in [0.3, 0.4) is 0 Å². The molecule has 2 unspecified atom stereocenters. The van der Waals surface area contributed by atoms with Gasteiger partial charge < -0.3 is 9.80 Å². The molecule has 182 valence electrons. The van der Waals surface area contributed by atoms with Crippen LogP contribution in [0.5, 0.6) is 0 Å².